The molecule has 0 bridgehead atoms. The zero-order valence-electron chi connectivity index (χ0n) is 14.5. The molecule has 0 unspecified atom stereocenters. The Labute approximate surface area is 142 Å². The molecule has 3 rings (SSSR count). The summed E-state index contributed by atoms with van der Waals surface area (Å²) in [6.07, 6.45) is 4.29. The lowest BCUT2D eigenvalue weighted by Gasteiger charge is -2.16. The lowest BCUT2D eigenvalue weighted by atomic mass is 9.80. The van der Waals surface area contributed by atoms with E-state index in [1.54, 1.807) is 0 Å². The average molecular weight is 320 g/mol. The predicted molar refractivity (Wildman–Crippen MR) is 97.1 cm³/mol. The van der Waals surface area contributed by atoms with Crippen LogP contribution in [0.3, 0.4) is 0 Å². The highest BCUT2D eigenvalue weighted by molar-refractivity contribution is 6.05. The van der Waals surface area contributed by atoms with E-state index in [0.29, 0.717) is 5.56 Å². The Morgan fingerprint density at radius 3 is 2.46 bits per heavy atom. The van der Waals surface area contributed by atoms with Gasteiger partial charge in [0.15, 0.2) is 5.71 Å². The third-order valence-electron chi connectivity index (χ3n) is 4.69. The van der Waals surface area contributed by atoms with Crippen LogP contribution in [0.25, 0.3) is 6.08 Å². The summed E-state index contributed by atoms with van der Waals surface area (Å²) in [6, 6.07) is 16.0. The molecule has 0 N–H and O–H groups in total. The minimum atomic E-state index is -0.301. The highest BCUT2D eigenvalue weighted by Crippen LogP contribution is 2.40. The Bertz CT molecular complexity index is 845. The lowest BCUT2D eigenvalue weighted by Crippen LogP contribution is -2.26. The number of ether oxygens (including phenoxy) is 1. The van der Waals surface area contributed by atoms with Gasteiger partial charge in [0.1, 0.15) is 7.05 Å². The van der Waals surface area contributed by atoms with Crippen molar-refractivity contribution < 1.29 is 14.1 Å². The van der Waals surface area contributed by atoms with Crippen LogP contribution in [-0.4, -0.2) is 30.4 Å². The molecule has 2 aromatic rings. The highest BCUT2D eigenvalue weighted by Gasteiger charge is 2.43. The second-order valence-corrected chi connectivity index (χ2v) is 6.54. The van der Waals surface area contributed by atoms with Crippen LogP contribution in [0, 0.1) is 0 Å². The van der Waals surface area contributed by atoms with Crippen LogP contribution in [0.15, 0.2) is 54.6 Å². The third kappa shape index (κ3) is 2.67. The first-order valence-electron chi connectivity index (χ1n) is 8.02. The van der Waals surface area contributed by atoms with Gasteiger partial charge in [0.2, 0.25) is 5.69 Å². The lowest BCUT2D eigenvalue weighted by molar-refractivity contribution is -0.401. The van der Waals surface area contributed by atoms with Crippen LogP contribution >= 0.6 is 0 Å². The number of allylic oxidation sites excluding steroid dienone is 1. The van der Waals surface area contributed by atoms with E-state index in [9.17, 15) is 4.79 Å². The molecule has 0 amide bonds. The molecule has 1 aliphatic heterocycles. The normalized spacial score (nSPS) is 15.7. The number of esters is 1. The smallest absolute Gasteiger partial charge is 0.337 e. The Balaban J connectivity index is 2.02. The third-order valence-corrected chi connectivity index (χ3v) is 4.69. The fourth-order valence-corrected chi connectivity index (χ4v) is 3.32. The first-order valence-corrected chi connectivity index (χ1v) is 8.02. The summed E-state index contributed by atoms with van der Waals surface area (Å²) in [6.45, 7) is 4.36. The van der Waals surface area contributed by atoms with E-state index >= 15 is 0 Å². The van der Waals surface area contributed by atoms with Crippen LogP contribution in [0.2, 0.25) is 0 Å². The maximum Gasteiger partial charge on any atom is 0.337 e. The molecule has 122 valence electrons. The molecule has 0 aromatic heterocycles. The van der Waals surface area contributed by atoms with Crippen molar-refractivity contribution in [1.82, 2.24) is 0 Å². The summed E-state index contributed by atoms with van der Waals surface area (Å²) in [5, 5.41) is 0. The van der Waals surface area contributed by atoms with Crippen molar-refractivity contribution in [2.45, 2.75) is 19.3 Å². The van der Waals surface area contributed by atoms with Crippen molar-refractivity contribution in [3.63, 3.8) is 0 Å². The highest BCUT2D eigenvalue weighted by atomic mass is 16.5. The number of nitrogens with zero attached hydrogens (tertiary/aromatic N) is 1. The molecule has 24 heavy (non-hydrogen) atoms. The Kier molecular flexibility index (Phi) is 4.10. The topological polar surface area (TPSA) is 29.3 Å². The maximum atomic E-state index is 11.8. The number of hydrogen-bond acceptors (Lipinski definition) is 2. The quantitative estimate of drug-likeness (QED) is 0.627. The van der Waals surface area contributed by atoms with Crippen molar-refractivity contribution in [3.8, 4) is 0 Å². The van der Waals surface area contributed by atoms with Gasteiger partial charge in [-0.25, -0.2) is 4.79 Å². The molecule has 0 atom stereocenters. The first kappa shape index (κ1) is 16.2. The van der Waals surface area contributed by atoms with Gasteiger partial charge in [0.25, 0.3) is 0 Å². The standard InChI is InChI=1S/C21H22NO2/c1-21(2)17-14-16(20(23)24-4)11-12-18(17)22(3)19(21)13-10-15-8-6-5-7-9-15/h5-14H,1-4H3/q+1/b13-10+. The van der Waals surface area contributed by atoms with Crippen LogP contribution in [0.1, 0.15) is 35.3 Å². The largest absolute Gasteiger partial charge is 0.465 e. The van der Waals surface area contributed by atoms with E-state index in [-0.39, 0.29) is 11.4 Å². The number of methoxy groups -OCH3 is 1. The van der Waals surface area contributed by atoms with Gasteiger partial charge in [-0.3, -0.25) is 0 Å². The van der Waals surface area contributed by atoms with Gasteiger partial charge in [-0.2, -0.15) is 4.58 Å². The van der Waals surface area contributed by atoms with Gasteiger partial charge in [-0.15, -0.1) is 0 Å². The molecule has 0 saturated carbocycles. The van der Waals surface area contributed by atoms with Crippen LogP contribution in [0.4, 0.5) is 5.69 Å². The van der Waals surface area contributed by atoms with E-state index in [2.05, 4.69) is 49.8 Å². The predicted octanol–water partition coefficient (Wildman–Crippen LogP) is 4.19. The minimum absolute atomic E-state index is 0.181. The van der Waals surface area contributed by atoms with Gasteiger partial charge in [-0.05, 0) is 37.6 Å². The monoisotopic (exact) mass is 320 g/mol. The maximum absolute atomic E-state index is 11.8. The number of hydrogen-bond donors (Lipinski definition) is 0. The van der Waals surface area contributed by atoms with Crippen molar-refractivity contribution in [1.29, 1.82) is 0 Å². The SMILES string of the molecule is COC(=O)c1ccc2c(c1)C(C)(C)C(/C=C/c1ccccc1)=[N+]2C. The average Bonchev–Trinajstić information content (AvgIpc) is 2.79. The molecule has 3 heteroatoms. The van der Waals surface area contributed by atoms with E-state index in [1.807, 2.05) is 36.4 Å². The van der Waals surface area contributed by atoms with Gasteiger partial charge in [0, 0.05) is 17.7 Å². The molecular weight excluding hydrogens is 298 g/mol. The zero-order chi connectivity index (χ0) is 17.3. The summed E-state index contributed by atoms with van der Waals surface area (Å²) < 4.78 is 7.04. The second-order valence-electron chi connectivity index (χ2n) is 6.54. The van der Waals surface area contributed by atoms with Gasteiger partial charge in [0.05, 0.1) is 18.1 Å². The summed E-state index contributed by atoms with van der Waals surface area (Å²) >= 11 is 0. The van der Waals surface area contributed by atoms with Crippen LogP contribution in [0.5, 0.6) is 0 Å². The van der Waals surface area contributed by atoms with Crippen molar-refractivity contribution in [3.05, 3.63) is 71.3 Å². The van der Waals surface area contributed by atoms with Crippen LogP contribution < -0.4 is 0 Å². The molecular formula is C21H22NO2+. The molecule has 0 fully saturated rings. The molecule has 3 nitrogen and oxygen atoms in total. The summed E-state index contributed by atoms with van der Waals surface area (Å²) in [4.78, 5) is 11.8. The Morgan fingerprint density at radius 2 is 1.79 bits per heavy atom. The van der Waals surface area contributed by atoms with E-state index in [0.717, 1.165) is 11.3 Å². The molecule has 0 spiro atoms. The first-order chi connectivity index (χ1) is 11.4. The summed E-state index contributed by atoms with van der Waals surface area (Å²) in [5.41, 5.74) is 5.04. The van der Waals surface area contributed by atoms with E-state index in [4.69, 9.17) is 4.74 Å². The number of benzene rings is 2. The number of rotatable bonds is 3. The number of fused-ring (bicyclic) bond motifs is 1. The van der Waals surface area contributed by atoms with E-state index < -0.39 is 0 Å². The molecule has 0 saturated heterocycles. The summed E-state index contributed by atoms with van der Waals surface area (Å²) in [5.74, 6) is -0.301. The second kappa shape index (κ2) is 6.08. The Hall–Kier alpha value is -2.68. The molecule has 2 aromatic carbocycles. The van der Waals surface area contributed by atoms with Crippen molar-refractivity contribution in [2.75, 3.05) is 14.2 Å². The molecule has 1 heterocycles. The van der Waals surface area contributed by atoms with Gasteiger partial charge < -0.3 is 4.74 Å². The van der Waals surface area contributed by atoms with Gasteiger partial charge >= 0.3 is 5.97 Å². The van der Waals surface area contributed by atoms with Crippen molar-refractivity contribution in [2.24, 2.45) is 0 Å². The minimum Gasteiger partial charge on any atom is -0.465 e. The number of carbonyl (C=O) groups is 1. The molecule has 0 aliphatic carbocycles. The number of carbonyl (C=O) groups excluding carboxylic acids is 1. The summed E-state index contributed by atoms with van der Waals surface area (Å²) in [7, 11) is 3.48. The van der Waals surface area contributed by atoms with Crippen LogP contribution in [-0.2, 0) is 10.2 Å². The van der Waals surface area contributed by atoms with Gasteiger partial charge in [-0.1, -0.05) is 30.3 Å². The Morgan fingerprint density at radius 1 is 1.08 bits per heavy atom. The molecule has 0 radical (unpaired) electrons. The molecule has 1 aliphatic rings. The van der Waals surface area contributed by atoms with Crippen molar-refractivity contribution >= 4 is 23.4 Å². The zero-order valence-corrected chi connectivity index (χ0v) is 14.5. The van der Waals surface area contributed by atoms with E-state index in [1.165, 1.54) is 18.4 Å². The fraction of sp³-hybridized carbons (Fsp3) is 0.238. The fourth-order valence-electron chi connectivity index (χ4n) is 3.32.